The molecule has 0 fully saturated rings. The molecule has 1 N–H and O–H groups in total. The second-order valence-corrected chi connectivity index (χ2v) is 6.29. The molecule has 0 aliphatic rings. The van der Waals surface area contributed by atoms with Crippen LogP contribution in [0, 0.1) is 13.8 Å². The van der Waals surface area contributed by atoms with Crippen LogP contribution < -0.4 is 5.32 Å². The molecule has 0 atom stereocenters. The minimum atomic E-state index is -0.376. The van der Waals surface area contributed by atoms with E-state index in [0.717, 1.165) is 20.6 Å². The summed E-state index contributed by atoms with van der Waals surface area (Å²) in [5.74, 6) is -0.376. The van der Waals surface area contributed by atoms with Crippen LogP contribution in [0.5, 0.6) is 0 Å². The van der Waals surface area contributed by atoms with Crippen molar-refractivity contribution in [3.8, 4) is 0 Å². The number of benzene rings is 1. The summed E-state index contributed by atoms with van der Waals surface area (Å²) in [6, 6.07) is 5.97. The van der Waals surface area contributed by atoms with Crippen molar-refractivity contribution in [2.24, 2.45) is 0 Å². The van der Waals surface area contributed by atoms with Gasteiger partial charge in [-0.05, 0) is 38.5 Å². The molecule has 0 saturated carbocycles. The smallest absolute Gasteiger partial charge is 0.358 e. The first kappa shape index (κ1) is 15.0. The Hall–Kier alpha value is -1.40. The number of thiazole rings is 1. The number of hydrogen-bond donors (Lipinski definition) is 1. The molecule has 1 aromatic heterocycles. The molecule has 4 nitrogen and oxygen atoms in total. The van der Waals surface area contributed by atoms with Gasteiger partial charge in [-0.3, -0.25) is 0 Å². The van der Waals surface area contributed by atoms with Gasteiger partial charge >= 0.3 is 5.97 Å². The first-order valence-corrected chi connectivity index (χ1v) is 7.80. The monoisotopic (exact) mass is 354 g/mol. The fourth-order valence-electron chi connectivity index (χ4n) is 1.63. The number of nitrogens with one attached hydrogen (secondary N) is 1. The second kappa shape index (κ2) is 6.37. The van der Waals surface area contributed by atoms with Crippen molar-refractivity contribution in [3.05, 3.63) is 38.8 Å². The van der Waals surface area contributed by atoms with Crippen LogP contribution in [0.4, 0.5) is 10.8 Å². The fraction of sp³-hybridized carbons (Fsp3) is 0.286. The van der Waals surface area contributed by atoms with E-state index < -0.39 is 0 Å². The topological polar surface area (TPSA) is 51.2 Å². The molecule has 0 aliphatic heterocycles. The van der Waals surface area contributed by atoms with Gasteiger partial charge in [0, 0.05) is 15.0 Å². The van der Waals surface area contributed by atoms with Gasteiger partial charge in [0.25, 0.3) is 0 Å². The Kier molecular flexibility index (Phi) is 4.77. The van der Waals surface area contributed by atoms with E-state index in [0.29, 0.717) is 17.4 Å². The third kappa shape index (κ3) is 3.37. The Morgan fingerprint density at radius 3 is 2.85 bits per heavy atom. The van der Waals surface area contributed by atoms with Crippen LogP contribution in [-0.2, 0) is 4.74 Å². The highest BCUT2D eigenvalue weighted by Crippen LogP contribution is 2.28. The zero-order chi connectivity index (χ0) is 14.7. The molecule has 2 rings (SSSR count). The number of carbonyl (C=O) groups excluding carboxylic acids is 1. The Balaban J connectivity index is 2.20. The summed E-state index contributed by atoms with van der Waals surface area (Å²) in [6.45, 7) is 6.02. The van der Waals surface area contributed by atoms with Gasteiger partial charge in [-0.15, -0.1) is 11.3 Å². The maximum atomic E-state index is 11.7. The van der Waals surface area contributed by atoms with Crippen LogP contribution in [0.1, 0.15) is 27.9 Å². The molecule has 1 heterocycles. The molecule has 0 spiro atoms. The summed E-state index contributed by atoms with van der Waals surface area (Å²) < 4.78 is 6.01. The quantitative estimate of drug-likeness (QED) is 0.824. The summed E-state index contributed by atoms with van der Waals surface area (Å²) in [5, 5.41) is 3.88. The van der Waals surface area contributed by atoms with Crippen molar-refractivity contribution in [2.45, 2.75) is 20.8 Å². The lowest BCUT2D eigenvalue weighted by Crippen LogP contribution is -2.06. The average molecular weight is 355 g/mol. The largest absolute Gasteiger partial charge is 0.461 e. The Morgan fingerprint density at radius 2 is 2.20 bits per heavy atom. The van der Waals surface area contributed by atoms with Crippen LogP contribution in [0.15, 0.2) is 22.7 Å². The molecule has 6 heteroatoms. The molecule has 0 aliphatic carbocycles. The van der Waals surface area contributed by atoms with Gasteiger partial charge in [0.05, 0.1) is 6.61 Å². The van der Waals surface area contributed by atoms with Crippen molar-refractivity contribution in [1.82, 2.24) is 4.98 Å². The van der Waals surface area contributed by atoms with E-state index in [2.05, 4.69) is 26.2 Å². The van der Waals surface area contributed by atoms with E-state index in [9.17, 15) is 4.79 Å². The van der Waals surface area contributed by atoms with Crippen LogP contribution >= 0.6 is 27.3 Å². The van der Waals surface area contributed by atoms with Crippen LogP contribution in [0.3, 0.4) is 0 Å². The first-order valence-electron chi connectivity index (χ1n) is 6.19. The number of anilines is 2. The van der Waals surface area contributed by atoms with Gasteiger partial charge in [0.15, 0.2) is 10.8 Å². The van der Waals surface area contributed by atoms with E-state index >= 15 is 0 Å². The zero-order valence-corrected chi connectivity index (χ0v) is 13.9. The molecule has 106 valence electrons. The predicted molar refractivity (Wildman–Crippen MR) is 85.0 cm³/mol. The van der Waals surface area contributed by atoms with E-state index in [1.54, 1.807) is 6.92 Å². The lowest BCUT2D eigenvalue weighted by molar-refractivity contribution is 0.0519. The number of ether oxygens (including phenoxy) is 1. The molecule has 0 radical (unpaired) electrons. The molecular weight excluding hydrogens is 340 g/mol. The van der Waals surface area contributed by atoms with E-state index in [4.69, 9.17) is 4.74 Å². The molecule has 20 heavy (non-hydrogen) atoms. The highest BCUT2D eigenvalue weighted by molar-refractivity contribution is 9.10. The first-order chi connectivity index (χ1) is 9.51. The Labute approximate surface area is 130 Å². The Morgan fingerprint density at radius 1 is 1.45 bits per heavy atom. The van der Waals surface area contributed by atoms with Crippen molar-refractivity contribution in [3.63, 3.8) is 0 Å². The average Bonchev–Trinajstić information content (AvgIpc) is 2.75. The maximum absolute atomic E-state index is 11.7. The number of carbonyl (C=O) groups is 1. The zero-order valence-electron chi connectivity index (χ0n) is 11.5. The lowest BCUT2D eigenvalue weighted by Gasteiger charge is -2.04. The minimum absolute atomic E-state index is 0.351. The van der Waals surface area contributed by atoms with Crippen LogP contribution in [-0.4, -0.2) is 17.6 Å². The third-order valence-electron chi connectivity index (χ3n) is 2.69. The SMILES string of the molecule is CCOC(=O)c1nc(Nc2ccc(C)c(Br)c2)sc1C. The molecule has 0 bridgehead atoms. The third-order valence-corrected chi connectivity index (χ3v) is 4.43. The summed E-state index contributed by atoms with van der Waals surface area (Å²) >= 11 is 4.93. The number of halogens is 1. The van der Waals surface area contributed by atoms with Crippen molar-refractivity contribution < 1.29 is 9.53 Å². The van der Waals surface area contributed by atoms with Gasteiger partial charge < -0.3 is 10.1 Å². The second-order valence-electron chi connectivity index (χ2n) is 4.23. The number of rotatable bonds is 4. The summed E-state index contributed by atoms with van der Waals surface area (Å²) in [7, 11) is 0. The van der Waals surface area contributed by atoms with E-state index in [-0.39, 0.29) is 5.97 Å². The van der Waals surface area contributed by atoms with Gasteiger partial charge in [0.1, 0.15) is 0 Å². The highest BCUT2D eigenvalue weighted by Gasteiger charge is 2.16. The van der Waals surface area contributed by atoms with Gasteiger partial charge in [-0.25, -0.2) is 9.78 Å². The summed E-state index contributed by atoms with van der Waals surface area (Å²) in [5.41, 5.74) is 2.47. The summed E-state index contributed by atoms with van der Waals surface area (Å²) in [4.78, 5) is 16.9. The molecular formula is C14H15BrN2O2S. The lowest BCUT2D eigenvalue weighted by atomic mass is 10.2. The van der Waals surface area contributed by atoms with Crippen molar-refractivity contribution in [1.29, 1.82) is 0 Å². The molecule has 0 amide bonds. The fourth-order valence-corrected chi connectivity index (χ4v) is 2.83. The molecule has 0 saturated heterocycles. The number of nitrogens with zero attached hydrogens (tertiary/aromatic N) is 1. The normalized spacial score (nSPS) is 10.4. The number of hydrogen-bond acceptors (Lipinski definition) is 5. The van der Waals surface area contributed by atoms with Crippen LogP contribution in [0.25, 0.3) is 0 Å². The number of aromatic nitrogens is 1. The van der Waals surface area contributed by atoms with Crippen molar-refractivity contribution in [2.75, 3.05) is 11.9 Å². The van der Waals surface area contributed by atoms with Crippen molar-refractivity contribution >= 4 is 44.1 Å². The van der Waals surface area contributed by atoms with Gasteiger partial charge in [0.2, 0.25) is 0 Å². The van der Waals surface area contributed by atoms with Gasteiger partial charge in [-0.2, -0.15) is 0 Å². The predicted octanol–water partition coefficient (Wildman–Crippen LogP) is 4.44. The highest BCUT2D eigenvalue weighted by atomic mass is 79.9. The standard InChI is InChI=1S/C14H15BrN2O2S/c1-4-19-13(18)12-9(3)20-14(17-12)16-10-6-5-8(2)11(15)7-10/h5-7H,4H2,1-3H3,(H,16,17). The van der Waals surface area contributed by atoms with E-state index in [1.165, 1.54) is 11.3 Å². The van der Waals surface area contributed by atoms with Crippen LogP contribution in [0.2, 0.25) is 0 Å². The minimum Gasteiger partial charge on any atom is -0.461 e. The molecule has 2 aromatic rings. The summed E-state index contributed by atoms with van der Waals surface area (Å²) in [6.07, 6.45) is 0. The number of esters is 1. The Bertz CT molecular complexity index is 640. The number of aryl methyl sites for hydroxylation is 2. The van der Waals surface area contributed by atoms with Gasteiger partial charge in [-0.1, -0.05) is 22.0 Å². The molecule has 0 unspecified atom stereocenters. The maximum Gasteiger partial charge on any atom is 0.358 e. The molecule has 1 aromatic carbocycles. The van der Waals surface area contributed by atoms with E-state index in [1.807, 2.05) is 32.0 Å².